The van der Waals surface area contributed by atoms with Crippen molar-refractivity contribution in [3.8, 4) is 0 Å². The Hall–Kier alpha value is -1.57. The van der Waals surface area contributed by atoms with Crippen LogP contribution >= 0.6 is 22.9 Å². The molecule has 0 aliphatic carbocycles. The summed E-state index contributed by atoms with van der Waals surface area (Å²) in [5.74, 6) is -1.18. The number of halogens is 1. The Morgan fingerprint density at radius 1 is 1.35 bits per heavy atom. The van der Waals surface area contributed by atoms with Crippen LogP contribution in [0.2, 0.25) is 5.02 Å². The largest absolute Gasteiger partial charge is 0.477 e. The first-order valence-electron chi connectivity index (χ1n) is 5.41. The predicted molar refractivity (Wildman–Crippen MR) is 78.3 cm³/mol. The van der Waals surface area contributed by atoms with Crippen molar-refractivity contribution in [3.05, 3.63) is 45.1 Å². The average Bonchev–Trinajstić information content (AvgIpc) is 2.79. The Balaban J connectivity index is 2.44. The summed E-state index contributed by atoms with van der Waals surface area (Å²) in [4.78, 5) is 10.9. The quantitative estimate of drug-likeness (QED) is 0.901. The minimum absolute atomic E-state index is 0.0209. The molecule has 2 N–H and O–H groups in total. The van der Waals surface area contributed by atoms with E-state index in [4.69, 9.17) is 16.7 Å². The molecule has 1 aromatic carbocycles. The number of carboxylic acids is 1. The zero-order chi connectivity index (χ0) is 14.9. The highest BCUT2D eigenvalue weighted by molar-refractivity contribution is 7.92. The molecule has 0 bridgehead atoms. The van der Waals surface area contributed by atoms with E-state index in [-0.39, 0.29) is 15.5 Å². The van der Waals surface area contributed by atoms with Crippen molar-refractivity contribution < 1.29 is 18.3 Å². The number of carboxylic acid groups (broad SMARTS) is 1. The normalized spacial score (nSPS) is 11.3. The molecule has 2 rings (SSSR count). The number of thiophene rings is 1. The number of rotatable bonds is 4. The van der Waals surface area contributed by atoms with Crippen LogP contribution in [-0.2, 0) is 10.0 Å². The van der Waals surface area contributed by atoms with E-state index in [1.54, 1.807) is 19.1 Å². The lowest BCUT2D eigenvalue weighted by Gasteiger charge is -2.10. The molecule has 0 saturated carbocycles. The van der Waals surface area contributed by atoms with E-state index in [1.807, 2.05) is 0 Å². The zero-order valence-electron chi connectivity index (χ0n) is 10.3. The van der Waals surface area contributed by atoms with Gasteiger partial charge in [-0.1, -0.05) is 17.7 Å². The number of aryl methyl sites for hydroxylation is 1. The Morgan fingerprint density at radius 3 is 2.70 bits per heavy atom. The fraction of sp³-hybridized carbons (Fsp3) is 0.0833. The van der Waals surface area contributed by atoms with Gasteiger partial charge in [-0.15, -0.1) is 11.3 Å². The first-order chi connectivity index (χ1) is 9.31. The Kier molecular flexibility index (Phi) is 4.03. The van der Waals surface area contributed by atoms with Gasteiger partial charge >= 0.3 is 5.97 Å². The molecular weight excluding hydrogens is 322 g/mol. The van der Waals surface area contributed by atoms with E-state index < -0.39 is 16.0 Å². The molecule has 106 valence electrons. The van der Waals surface area contributed by atoms with Gasteiger partial charge in [0.05, 0.1) is 10.6 Å². The fourth-order valence-corrected chi connectivity index (χ4v) is 3.95. The number of sulfonamides is 1. The second-order valence-corrected chi connectivity index (χ2v) is 6.99. The maximum atomic E-state index is 12.3. The van der Waals surface area contributed by atoms with Gasteiger partial charge in [-0.3, -0.25) is 4.72 Å². The van der Waals surface area contributed by atoms with Crippen LogP contribution in [0.4, 0.5) is 5.69 Å². The molecule has 8 heteroatoms. The number of aromatic carboxylic acids is 1. The Morgan fingerprint density at radius 2 is 2.05 bits per heavy atom. The summed E-state index contributed by atoms with van der Waals surface area (Å²) in [5.41, 5.74) is 0.566. The highest BCUT2D eigenvalue weighted by Crippen LogP contribution is 2.27. The Labute approximate surface area is 124 Å². The molecule has 0 aliphatic rings. The lowest BCUT2D eigenvalue weighted by atomic mass is 10.2. The van der Waals surface area contributed by atoms with Gasteiger partial charge in [0.15, 0.2) is 0 Å². The van der Waals surface area contributed by atoms with E-state index >= 15 is 0 Å². The van der Waals surface area contributed by atoms with Crippen LogP contribution in [0.3, 0.4) is 0 Å². The van der Waals surface area contributed by atoms with Gasteiger partial charge in [-0.25, -0.2) is 13.2 Å². The Bertz CT molecular complexity index is 768. The summed E-state index contributed by atoms with van der Waals surface area (Å²) in [7, 11) is -3.88. The molecular formula is C12H10ClNO4S2. The molecule has 20 heavy (non-hydrogen) atoms. The molecule has 0 unspecified atom stereocenters. The second kappa shape index (κ2) is 5.43. The maximum absolute atomic E-state index is 12.3. The number of carbonyl (C=O) groups is 1. The summed E-state index contributed by atoms with van der Waals surface area (Å²) < 4.78 is 26.9. The van der Waals surface area contributed by atoms with E-state index in [0.29, 0.717) is 10.6 Å². The van der Waals surface area contributed by atoms with Crippen LogP contribution in [0.5, 0.6) is 0 Å². The summed E-state index contributed by atoms with van der Waals surface area (Å²) >= 11 is 6.75. The molecule has 0 aliphatic heterocycles. The third-order valence-corrected chi connectivity index (χ3v) is 5.19. The number of hydrogen-bond donors (Lipinski definition) is 2. The highest BCUT2D eigenvalue weighted by atomic mass is 35.5. The van der Waals surface area contributed by atoms with Gasteiger partial charge in [0.2, 0.25) is 0 Å². The maximum Gasteiger partial charge on any atom is 0.348 e. The van der Waals surface area contributed by atoms with Gasteiger partial charge in [-0.05, 0) is 36.1 Å². The van der Waals surface area contributed by atoms with Gasteiger partial charge in [0.1, 0.15) is 4.88 Å². The van der Waals surface area contributed by atoms with Crippen molar-refractivity contribution >= 4 is 44.6 Å². The van der Waals surface area contributed by atoms with Crippen molar-refractivity contribution in [2.24, 2.45) is 0 Å². The SMILES string of the molecule is Cc1ccc(Cl)cc1S(=O)(=O)Nc1ccsc1C(=O)O. The van der Waals surface area contributed by atoms with E-state index in [1.165, 1.54) is 17.5 Å². The summed E-state index contributed by atoms with van der Waals surface area (Å²) in [5, 5.41) is 10.8. The first-order valence-corrected chi connectivity index (χ1v) is 8.15. The molecule has 1 heterocycles. The average molecular weight is 332 g/mol. The fourth-order valence-electron chi connectivity index (χ4n) is 1.62. The lowest BCUT2D eigenvalue weighted by Crippen LogP contribution is -2.15. The highest BCUT2D eigenvalue weighted by Gasteiger charge is 2.21. The predicted octanol–water partition coefficient (Wildman–Crippen LogP) is 3.21. The van der Waals surface area contributed by atoms with E-state index in [9.17, 15) is 13.2 Å². The smallest absolute Gasteiger partial charge is 0.348 e. The van der Waals surface area contributed by atoms with Crippen molar-refractivity contribution in [1.82, 2.24) is 0 Å². The van der Waals surface area contributed by atoms with Crippen LogP contribution in [0, 0.1) is 6.92 Å². The topological polar surface area (TPSA) is 83.5 Å². The van der Waals surface area contributed by atoms with Gasteiger partial charge < -0.3 is 5.11 Å². The van der Waals surface area contributed by atoms with Gasteiger partial charge in [-0.2, -0.15) is 0 Å². The molecule has 1 aromatic heterocycles. The van der Waals surface area contributed by atoms with Gasteiger partial charge in [0, 0.05) is 5.02 Å². The zero-order valence-corrected chi connectivity index (χ0v) is 12.6. The van der Waals surface area contributed by atoms with Crippen LogP contribution in [0.25, 0.3) is 0 Å². The monoisotopic (exact) mass is 331 g/mol. The molecule has 0 spiro atoms. The molecule has 0 amide bonds. The van der Waals surface area contributed by atoms with Crippen LogP contribution in [-0.4, -0.2) is 19.5 Å². The molecule has 5 nitrogen and oxygen atoms in total. The van der Waals surface area contributed by atoms with Crippen molar-refractivity contribution in [1.29, 1.82) is 0 Å². The minimum atomic E-state index is -3.88. The number of benzene rings is 1. The lowest BCUT2D eigenvalue weighted by molar-refractivity contribution is 0.0703. The summed E-state index contributed by atoms with van der Waals surface area (Å²) in [6.45, 7) is 1.64. The molecule has 0 saturated heterocycles. The second-order valence-electron chi connectivity index (χ2n) is 3.98. The molecule has 2 aromatic rings. The molecule has 0 radical (unpaired) electrons. The van der Waals surface area contributed by atoms with E-state index in [0.717, 1.165) is 11.3 Å². The third-order valence-electron chi connectivity index (χ3n) is 2.54. The molecule has 0 fully saturated rings. The van der Waals surface area contributed by atoms with Crippen molar-refractivity contribution in [2.75, 3.05) is 4.72 Å². The summed E-state index contributed by atoms with van der Waals surface area (Å²) in [6, 6.07) is 5.91. The van der Waals surface area contributed by atoms with E-state index in [2.05, 4.69) is 4.72 Å². The van der Waals surface area contributed by atoms with Crippen LogP contribution < -0.4 is 4.72 Å². The standard InChI is InChI=1S/C12H10ClNO4S2/c1-7-2-3-8(13)6-10(7)20(17,18)14-9-4-5-19-11(9)12(15)16/h2-6,14H,1H3,(H,15,16). The van der Waals surface area contributed by atoms with Crippen molar-refractivity contribution in [3.63, 3.8) is 0 Å². The third kappa shape index (κ3) is 2.95. The number of anilines is 1. The van der Waals surface area contributed by atoms with Crippen molar-refractivity contribution in [2.45, 2.75) is 11.8 Å². The minimum Gasteiger partial charge on any atom is -0.477 e. The molecule has 0 atom stereocenters. The first kappa shape index (κ1) is 14.8. The van der Waals surface area contributed by atoms with Crippen LogP contribution in [0.15, 0.2) is 34.5 Å². The number of nitrogens with one attached hydrogen (secondary N) is 1. The van der Waals surface area contributed by atoms with Gasteiger partial charge in [0.25, 0.3) is 10.0 Å². The number of hydrogen-bond acceptors (Lipinski definition) is 4. The summed E-state index contributed by atoms with van der Waals surface area (Å²) in [6.07, 6.45) is 0. The van der Waals surface area contributed by atoms with Crippen LogP contribution in [0.1, 0.15) is 15.2 Å².